The van der Waals surface area contributed by atoms with Gasteiger partial charge in [0.15, 0.2) is 0 Å². The van der Waals surface area contributed by atoms with Gasteiger partial charge in [-0.25, -0.2) is 9.97 Å². The second-order valence-electron chi connectivity index (χ2n) is 6.79. The van der Waals surface area contributed by atoms with Crippen LogP contribution in [0.25, 0.3) is 11.0 Å². The molecule has 3 nitrogen and oxygen atoms in total. The van der Waals surface area contributed by atoms with Gasteiger partial charge in [0.25, 0.3) is 0 Å². The number of aromatic nitrogens is 3. The topological polar surface area (TPSA) is 38.7 Å². The molecule has 2 heterocycles. The minimum absolute atomic E-state index is 0.00687. The maximum absolute atomic E-state index is 4.81. The van der Waals surface area contributed by atoms with E-state index in [0.717, 1.165) is 22.4 Å². The van der Waals surface area contributed by atoms with E-state index in [1.54, 1.807) is 12.4 Å². The normalized spacial score (nSPS) is 13.0. The molecule has 2 aromatic heterocycles. The molecule has 0 spiro atoms. The summed E-state index contributed by atoms with van der Waals surface area (Å²) in [5, 5.41) is 0. The summed E-state index contributed by atoms with van der Waals surface area (Å²) in [7, 11) is 0. The standard InChI is InChI=1S/C15H21N3/c1-14(2,3)12-13(15(4,5)6)18-11-9-16-8-7-10(11)17-12/h7-9H,1-6H3. The van der Waals surface area contributed by atoms with Crippen molar-refractivity contribution < 1.29 is 0 Å². The van der Waals surface area contributed by atoms with E-state index in [2.05, 4.69) is 46.5 Å². The fourth-order valence-electron chi connectivity index (χ4n) is 1.95. The van der Waals surface area contributed by atoms with Crippen LogP contribution in [0.3, 0.4) is 0 Å². The quantitative estimate of drug-likeness (QED) is 0.709. The molecule has 0 aliphatic carbocycles. The summed E-state index contributed by atoms with van der Waals surface area (Å²) in [5.41, 5.74) is 3.91. The molecule has 3 heteroatoms. The largest absolute Gasteiger partial charge is 0.262 e. The van der Waals surface area contributed by atoms with E-state index in [4.69, 9.17) is 9.97 Å². The van der Waals surface area contributed by atoms with Crippen molar-refractivity contribution in [3.63, 3.8) is 0 Å². The predicted octanol–water partition coefficient (Wildman–Crippen LogP) is 3.62. The van der Waals surface area contributed by atoms with Crippen molar-refractivity contribution in [3.05, 3.63) is 29.8 Å². The summed E-state index contributed by atoms with van der Waals surface area (Å²) in [6.45, 7) is 13.1. The molecule has 0 saturated carbocycles. The number of rotatable bonds is 0. The Labute approximate surface area is 109 Å². The van der Waals surface area contributed by atoms with Crippen molar-refractivity contribution in [1.82, 2.24) is 15.0 Å². The van der Waals surface area contributed by atoms with Crippen LogP contribution in [0.2, 0.25) is 0 Å². The van der Waals surface area contributed by atoms with Gasteiger partial charge in [-0.1, -0.05) is 41.5 Å². The van der Waals surface area contributed by atoms with Crippen LogP contribution in [0.5, 0.6) is 0 Å². The van der Waals surface area contributed by atoms with E-state index in [0.29, 0.717) is 0 Å². The van der Waals surface area contributed by atoms with E-state index in [1.807, 2.05) is 6.07 Å². The number of hydrogen-bond donors (Lipinski definition) is 0. The number of hydrogen-bond acceptors (Lipinski definition) is 3. The third kappa shape index (κ3) is 2.35. The fraction of sp³-hybridized carbons (Fsp3) is 0.533. The Kier molecular flexibility index (Phi) is 2.88. The van der Waals surface area contributed by atoms with Crippen LogP contribution in [-0.2, 0) is 10.8 Å². The Bertz CT molecular complexity index is 522. The van der Waals surface area contributed by atoms with Gasteiger partial charge in [0.1, 0.15) is 5.52 Å². The van der Waals surface area contributed by atoms with Crippen molar-refractivity contribution in [3.8, 4) is 0 Å². The molecule has 0 aliphatic rings. The van der Waals surface area contributed by atoms with Crippen LogP contribution in [0.15, 0.2) is 18.5 Å². The van der Waals surface area contributed by atoms with Crippen molar-refractivity contribution >= 4 is 11.0 Å². The Hall–Kier alpha value is -1.51. The minimum atomic E-state index is -0.0142. The number of pyridine rings is 1. The molecule has 2 rings (SSSR count). The third-order valence-corrected chi connectivity index (χ3v) is 2.89. The molecule has 0 aliphatic heterocycles. The molecule has 0 amide bonds. The van der Waals surface area contributed by atoms with Gasteiger partial charge < -0.3 is 0 Å². The highest BCUT2D eigenvalue weighted by Crippen LogP contribution is 2.32. The van der Waals surface area contributed by atoms with Crippen molar-refractivity contribution in [2.45, 2.75) is 52.4 Å². The van der Waals surface area contributed by atoms with E-state index in [-0.39, 0.29) is 10.8 Å². The van der Waals surface area contributed by atoms with Crippen LogP contribution in [0, 0.1) is 0 Å². The maximum Gasteiger partial charge on any atom is 0.107 e. The van der Waals surface area contributed by atoms with Crippen molar-refractivity contribution in [2.75, 3.05) is 0 Å². The summed E-state index contributed by atoms with van der Waals surface area (Å²) in [4.78, 5) is 13.7. The van der Waals surface area contributed by atoms with Gasteiger partial charge in [-0.3, -0.25) is 4.98 Å². The van der Waals surface area contributed by atoms with Crippen LogP contribution in [-0.4, -0.2) is 15.0 Å². The molecule has 0 fully saturated rings. The highest BCUT2D eigenvalue weighted by molar-refractivity contribution is 5.73. The van der Waals surface area contributed by atoms with Gasteiger partial charge in [-0.05, 0) is 6.07 Å². The lowest BCUT2D eigenvalue weighted by molar-refractivity contribution is 0.502. The molecule has 0 N–H and O–H groups in total. The van der Waals surface area contributed by atoms with E-state index < -0.39 is 0 Å². The summed E-state index contributed by atoms with van der Waals surface area (Å²) < 4.78 is 0. The number of nitrogens with zero attached hydrogens (tertiary/aromatic N) is 3. The molecule has 0 atom stereocenters. The molecule has 0 saturated heterocycles. The maximum atomic E-state index is 4.81. The molecule has 0 unspecified atom stereocenters. The molecule has 2 aromatic rings. The van der Waals surface area contributed by atoms with Crippen LogP contribution in [0.4, 0.5) is 0 Å². The highest BCUT2D eigenvalue weighted by atomic mass is 14.9. The van der Waals surface area contributed by atoms with Gasteiger partial charge in [0.05, 0.1) is 23.1 Å². The summed E-state index contributed by atoms with van der Waals surface area (Å²) in [6.07, 6.45) is 3.55. The number of fused-ring (bicyclic) bond motifs is 1. The monoisotopic (exact) mass is 243 g/mol. The SMILES string of the molecule is CC(C)(C)c1nc2ccncc2nc1C(C)(C)C. The Balaban J connectivity index is 2.81. The first-order valence-corrected chi connectivity index (χ1v) is 6.32. The average molecular weight is 243 g/mol. The van der Waals surface area contributed by atoms with Gasteiger partial charge >= 0.3 is 0 Å². The van der Waals surface area contributed by atoms with Crippen molar-refractivity contribution in [1.29, 1.82) is 0 Å². The van der Waals surface area contributed by atoms with Crippen LogP contribution >= 0.6 is 0 Å². The van der Waals surface area contributed by atoms with E-state index in [1.165, 1.54) is 0 Å². The minimum Gasteiger partial charge on any atom is -0.262 e. The molecular formula is C15H21N3. The van der Waals surface area contributed by atoms with Crippen LogP contribution in [0.1, 0.15) is 52.9 Å². The first-order valence-electron chi connectivity index (χ1n) is 6.32. The lowest BCUT2D eigenvalue weighted by Crippen LogP contribution is -2.25. The Morgan fingerprint density at radius 1 is 0.778 bits per heavy atom. The van der Waals surface area contributed by atoms with Crippen LogP contribution < -0.4 is 0 Å². The Morgan fingerprint density at radius 3 is 1.78 bits per heavy atom. The third-order valence-electron chi connectivity index (χ3n) is 2.89. The zero-order valence-electron chi connectivity index (χ0n) is 12.1. The lowest BCUT2D eigenvalue weighted by atomic mass is 9.81. The molecule has 18 heavy (non-hydrogen) atoms. The molecular weight excluding hydrogens is 222 g/mol. The van der Waals surface area contributed by atoms with Crippen molar-refractivity contribution in [2.24, 2.45) is 0 Å². The molecule has 0 bridgehead atoms. The van der Waals surface area contributed by atoms with Gasteiger partial charge in [-0.2, -0.15) is 0 Å². The Morgan fingerprint density at radius 2 is 1.28 bits per heavy atom. The zero-order chi connectivity index (χ0) is 13.6. The van der Waals surface area contributed by atoms with Gasteiger partial charge in [-0.15, -0.1) is 0 Å². The molecule has 0 aromatic carbocycles. The highest BCUT2D eigenvalue weighted by Gasteiger charge is 2.28. The average Bonchev–Trinajstić information content (AvgIpc) is 2.25. The summed E-state index contributed by atoms with van der Waals surface area (Å²) in [6, 6.07) is 1.92. The lowest BCUT2D eigenvalue weighted by Gasteiger charge is -2.27. The molecule has 96 valence electrons. The van der Waals surface area contributed by atoms with E-state index in [9.17, 15) is 0 Å². The fourth-order valence-corrected chi connectivity index (χ4v) is 1.95. The smallest absolute Gasteiger partial charge is 0.107 e. The zero-order valence-corrected chi connectivity index (χ0v) is 12.1. The first kappa shape index (κ1) is 12.9. The van der Waals surface area contributed by atoms with Gasteiger partial charge in [0.2, 0.25) is 0 Å². The second-order valence-corrected chi connectivity index (χ2v) is 6.79. The summed E-state index contributed by atoms with van der Waals surface area (Å²) >= 11 is 0. The summed E-state index contributed by atoms with van der Waals surface area (Å²) in [5.74, 6) is 0. The first-order chi connectivity index (χ1) is 8.19. The second kappa shape index (κ2) is 4.01. The predicted molar refractivity (Wildman–Crippen MR) is 74.7 cm³/mol. The van der Waals surface area contributed by atoms with Gasteiger partial charge in [0, 0.05) is 17.0 Å². The van der Waals surface area contributed by atoms with E-state index >= 15 is 0 Å². The molecule has 0 radical (unpaired) electrons.